The molecule has 0 radical (unpaired) electrons. The summed E-state index contributed by atoms with van der Waals surface area (Å²) in [4.78, 5) is 32.7. The summed E-state index contributed by atoms with van der Waals surface area (Å²) in [6, 6.07) is 16.8. The number of ether oxygens (including phenoxy) is 1. The summed E-state index contributed by atoms with van der Waals surface area (Å²) in [7, 11) is 1.65. The van der Waals surface area contributed by atoms with Crippen LogP contribution in [0.15, 0.2) is 48.5 Å². The van der Waals surface area contributed by atoms with E-state index in [0.717, 1.165) is 82.7 Å². The number of carbonyl (C=O) groups excluding carboxylic acids is 2. The van der Waals surface area contributed by atoms with Crippen LogP contribution in [0.5, 0.6) is 5.75 Å². The van der Waals surface area contributed by atoms with Crippen molar-refractivity contribution in [1.29, 1.82) is 0 Å². The van der Waals surface area contributed by atoms with Gasteiger partial charge in [-0.2, -0.15) is 0 Å². The van der Waals surface area contributed by atoms with Crippen molar-refractivity contribution in [3.8, 4) is 5.75 Å². The topological polar surface area (TPSA) is 53.1 Å². The standard InChI is InChI=1S/C29H37N3O3/c1-35-27-8-6-22(7-9-27)20-28(33)31-18-13-26(14-19-31)30-15-11-24(12-16-30)29(34)32-17-10-23-4-2-3-5-25(23)21-32/h2-9,24,26H,10-21H2,1H3. The third-order valence-corrected chi connectivity index (χ3v) is 8.17. The van der Waals surface area contributed by atoms with Crippen molar-refractivity contribution >= 4 is 11.8 Å². The summed E-state index contributed by atoms with van der Waals surface area (Å²) in [5.74, 6) is 1.52. The van der Waals surface area contributed by atoms with Gasteiger partial charge in [0.05, 0.1) is 13.5 Å². The summed E-state index contributed by atoms with van der Waals surface area (Å²) in [6.45, 7) is 5.24. The van der Waals surface area contributed by atoms with E-state index in [1.807, 2.05) is 29.2 Å². The van der Waals surface area contributed by atoms with Gasteiger partial charge in [-0.25, -0.2) is 0 Å². The van der Waals surface area contributed by atoms with Gasteiger partial charge in [-0.1, -0.05) is 36.4 Å². The summed E-state index contributed by atoms with van der Waals surface area (Å²) in [5.41, 5.74) is 3.72. The first kappa shape index (κ1) is 23.9. The van der Waals surface area contributed by atoms with Crippen molar-refractivity contribution in [3.05, 3.63) is 65.2 Å². The highest BCUT2D eigenvalue weighted by Gasteiger charge is 2.34. The van der Waals surface area contributed by atoms with E-state index in [9.17, 15) is 9.59 Å². The molecule has 5 rings (SSSR count). The lowest BCUT2D eigenvalue weighted by molar-refractivity contribution is -0.139. The van der Waals surface area contributed by atoms with Crippen LogP contribution in [0, 0.1) is 5.92 Å². The highest BCUT2D eigenvalue weighted by molar-refractivity contribution is 5.79. The Hall–Kier alpha value is -2.86. The van der Waals surface area contributed by atoms with E-state index in [4.69, 9.17) is 4.74 Å². The number of likely N-dealkylation sites (tertiary alicyclic amines) is 2. The number of rotatable bonds is 5. The first-order valence-corrected chi connectivity index (χ1v) is 13.1. The number of fused-ring (bicyclic) bond motifs is 1. The number of carbonyl (C=O) groups is 2. The molecule has 2 fully saturated rings. The Balaban J connectivity index is 1.06. The Morgan fingerprint density at radius 2 is 1.51 bits per heavy atom. The van der Waals surface area contributed by atoms with Crippen LogP contribution in [-0.4, -0.2) is 72.4 Å². The predicted octanol–water partition coefficient (Wildman–Crippen LogP) is 3.53. The number of nitrogens with zero attached hydrogens (tertiary/aromatic N) is 3. The summed E-state index contributed by atoms with van der Waals surface area (Å²) >= 11 is 0. The van der Waals surface area contributed by atoms with Crippen LogP contribution in [0.3, 0.4) is 0 Å². The van der Waals surface area contributed by atoms with Gasteiger partial charge in [0.2, 0.25) is 11.8 Å². The molecule has 0 N–H and O–H groups in total. The van der Waals surface area contributed by atoms with Gasteiger partial charge in [0, 0.05) is 38.1 Å². The lowest BCUT2D eigenvalue weighted by Crippen LogP contribution is -2.51. The van der Waals surface area contributed by atoms with Gasteiger partial charge >= 0.3 is 0 Å². The first-order chi connectivity index (χ1) is 17.1. The average molecular weight is 476 g/mol. The fourth-order valence-electron chi connectivity index (χ4n) is 5.96. The molecule has 2 aromatic rings. The van der Waals surface area contributed by atoms with Crippen LogP contribution < -0.4 is 4.74 Å². The predicted molar refractivity (Wildman–Crippen MR) is 136 cm³/mol. The Labute approximate surface area is 208 Å². The van der Waals surface area contributed by atoms with Crippen molar-refractivity contribution in [3.63, 3.8) is 0 Å². The number of hydrogen-bond acceptors (Lipinski definition) is 4. The molecule has 3 heterocycles. The zero-order chi connectivity index (χ0) is 24.2. The van der Waals surface area contributed by atoms with Gasteiger partial charge in [-0.15, -0.1) is 0 Å². The van der Waals surface area contributed by atoms with Gasteiger partial charge < -0.3 is 19.4 Å². The van der Waals surface area contributed by atoms with Crippen molar-refractivity contribution in [2.24, 2.45) is 5.92 Å². The van der Waals surface area contributed by atoms with Crippen LogP contribution >= 0.6 is 0 Å². The maximum Gasteiger partial charge on any atom is 0.226 e. The fraction of sp³-hybridized carbons (Fsp3) is 0.517. The van der Waals surface area contributed by atoms with Crippen LogP contribution in [0.2, 0.25) is 0 Å². The molecule has 0 aliphatic carbocycles. The zero-order valence-electron chi connectivity index (χ0n) is 20.8. The molecule has 35 heavy (non-hydrogen) atoms. The molecule has 3 aliphatic heterocycles. The molecule has 0 saturated carbocycles. The molecule has 3 aliphatic rings. The summed E-state index contributed by atoms with van der Waals surface area (Å²) < 4.78 is 5.20. The highest BCUT2D eigenvalue weighted by atomic mass is 16.5. The normalized spacial score (nSPS) is 19.9. The molecular weight excluding hydrogens is 438 g/mol. The quantitative estimate of drug-likeness (QED) is 0.664. The maximum absolute atomic E-state index is 13.2. The second-order valence-corrected chi connectivity index (χ2v) is 10.2. The molecule has 0 aromatic heterocycles. The molecule has 2 saturated heterocycles. The second kappa shape index (κ2) is 10.8. The second-order valence-electron chi connectivity index (χ2n) is 10.2. The van der Waals surface area contributed by atoms with E-state index in [1.165, 1.54) is 11.1 Å². The SMILES string of the molecule is COc1ccc(CC(=O)N2CCC(N3CCC(C(=O)N4CCc5ccccc5C4)CC3)CC2)cc1. The van der Waals surface area contributed by atoms with E-state index in [-0.39, 0.29) is 11.8 Å². The van der Waals surface area contributed by atoms with Gasteiger partial charge in [-0.05, 0) is 74.0 Å². The van der Waals surface area contributed by atoms with Crippen molar-refractivity contribution in [2.75, 3.05) is 39.8 Å². The number of benzene rings is 2. The lowest BCUT2D eigenvalue weighted by Gasteiger charge is -2.42. The molecule has 0 bridgehead atoms. The first-order valence-electron chi connectivity index (χ1n) is 13.1. The molecule has 186 valence electrons. The summed E-state index contributed by atoms with van der Waals surface area (Å²) in [6.07, 6.45) is 5.37. The summed E-state index contributed by atoms with van der Waals surface area (Å²) in [5, 5.41) is 0. The van der Waals surface area contributed by atoms with Crippen LogP contribution in [-0.2, 0) is 29.0 Å². The minimum absolute atomic E-state index is 0.155. The Morgan fingerprint density at radius 3 is 2.20 bits per heavy atom. The van der Waals surface area contributed by atoms with Crippen LogP contribution in [0.1, 0.15) is 42.4 Å². The molecule has 0 atom stereocenters. The monoisotopic (exact) mass is 475 g/mol. The Kier molecular flexibility index (Phi) is 7.37. The minimum atomic E-state index is 0.155. The van der Waals surface area contributed by atoms with Gasteiger partial charge in [0.25, 0.3) is 0 Å². The molecule has 6 heteroatoms. The third-order valence-electron chi connectivity index (χ3n) is 8.17. The highest BCUT2D eigenvalue weighted by Crippen LogP contribution is 2.27. The van der Waals surface area contributed by atoms with E-state index >= 15 is 0 Å². The smallest absolute Gasteiger partial charge is 0.226 e. The molecule has 0 unspecified atom stereocenters. The fourth-order valence-corrected chi connectivity index (χ4v) is 5.96. The van der Waals surface area contributed by atoms with Gasteiger partial charge in [0.15, 0.2) is 0 Å². The number of hydrogen-bond donors (Lipinski definition) is 0. The lowest BCUT2D eigenvalue weighted by atomic mass is 9.91. The average Bonchev–Trinajstić information content (AvgIpc) is 2.93. The molecule has 2 amide bonds. The number of amides is 2. The van der Waals surface area contributed by atoms with Gasteiger partial charge in [0.1, 0.15) is 5.75 Å². The Morgan fingerprint density at radius 1 is 0.829 bits per heavy atom. The van der Waals surface area contributed by atoms with E-state index in [0.29, 0.717) is 18.4 Å². The molecule has 0 spiro atoms. The van der Waals surface area contributed by atoms with E-state index < -0.39 is 0 Å². The zero-order valence-corrected chi connectivity index (χ0v) is 20.8. The number of methoxy groups -OCH3 is 1. The molecular formula is C29H37N3O3. The van der Waals surface area contributed by atoms with Crippen molar-refractivity contribution in [2.45, 2.75) is 51.1 Å². The van der Waals surface area contributed by atoms with Crippen molar-refractivity contribution < 1.29 is 14.3 Å². The van der Waals surface area contributed by atoms with E-state index in [2.05, 4.69) is 34.1 Å². The van der Waals surface area contributed by atoms with Gasteiger partial charge in [-0.3, -0.25) is 9.59 Å². The third kappa shape index (κ3) is 5.53. The molecule has 2 aromatic carbocycles. The van der Waals surface area contributed by atoms with E-state index in [1.54, 1.807) is 7.11 Å². The Bertz CT molecular complexity index is 1020. The van der Waals surface area contributed by atoms with Crippen LogP contribution in [0.4, 0.5) is 0 Å². The largest absolute Gasteiger partial charge is 0.497 e. The van der Waals surface area contributed by atoms with Crippen LogP contribution in [0.25, 0.3) is 0 Å². The molecule has 6 nitrogen and oxygen atoms in total. The van der Waals surface area contributed by atoms with Crippen molar-refractivity contribution in [1.82, 2.24) is 14.7 Å². The number of piperidine rings is 2. The maximum atomic E-state index is 13.2. The minimum Gasteiger partial charge on any atom is -0.497 e.